The van der Waals surface area contributed by atoms with E-state index in [1.54, 1.807) is 0 Å². The van der Waals surface area contributed by atoms with Crippen LogP contribution in [0.5, 0.6) is 0 Å². The van der Waals surface area contributed by atoms with Gasteiger partial charge in [0.2, 0.25) is 0 Å². The number of carboxylic acid groups (broad SMARTS) is 1. The summed E-state index contributed by atoms with van der Waals surface area (Å²) in [6, 6.07) is 0.0515. The van der Waals surface area contributed by atoms with E-state index in [-0.39, 0.29) is 23.5 Å². The molecule has 2 amide bonds. The Labute approximate surface area is 126 Å². The lowest BCUT2D eigenvalue weighted by Gasteiger charge is -2.38. The Balaban J connectivity index is 1.78. The third kappa shape index (κ3) is 4.35. The van der Waals surface area contributed by atoms with Crippen molar-refractivity contribution in [1.29, 1.82) is 0 Å². The average molecular weight is 296 g/mol. The highest BCUT2D eigenvalue weighted by Crippen LogP contribution is 2.31. The molecule has 0 aliphatic heterocycles. The molecule has 3 N–H and O–H groups in total. The quantitative estimate of drug-likeness (QED) is 0.746. The summed E-state index contributed by atoms with van der Waals surface area (Å²) >= 11 is 0. The van der Waals surface area contributed by atoms with Gasteiger partial charge in [-0.15, -0.1) is 0 Å². The SMILES string of the molecule is CCC1(NC(=O)NC2CCC(C(=O)O)CC2)CCCCC1. The molecule has 2 fully saturated rings. The summed E-state index contributed by atoms with van der Waals surface area (Å²) in [7, 11) is 0. The fourth-order valence-electron chi connectivity index (χ4n) is 3.74. The predicted octanol–water partition coefficient (Wildman–Crippen LogP) is 3.04. The molecule has 21 heavy (non-hydrogen) atoms. The molecule has 0 aromatic heterocycles. The topological polar surface area (TPSA) is 78.4 Å². The summed E-state index contributed by atoms with van der Waals surface area (Å²) in [6.45, 7) is 2.14. The van der Waals surface area contributed by atoms with E-state index in [1.165, 1.54) is 19.3 Å². The molecule has 0 spiro atoms. The van der Waals surface area contributed by atoms with Gasteiger partial charge in [-0.2, -0.15) is 0 Å². The van der Waals surface area contributed by atoms with E-state index in [9.17, 15) is 9.59 Å². The average Bonchev–Trinajstić information content (AvgIpc) is 2.48. The van der Waals surface area contributed by atoms with Crippen LogP contribution in [0.1, 0.15) is 71.1 Å². The number of nitrogens with one attached hydrogen (secondary N) is 2. The van der Waals surface area contributed by atoms with E-state index in [0.717, 1.165) is 32.1 Å². The zero-order valence-corrected chi connectivity index (χ0v) is 13.0. The number of carboxylic acids is 1. The van der Waals surface area contributed by atoms with Crippen LogP contribution in [0.2, 0.25) is 0 Å². The van der Waals surface area contributed by atoms with E-state index in [0.29, 0.717) is 12.8 Å². The minimum absolute atomic E-state index is 0.0272. The van der Waals surface area contributed by atoms with Crippen molar-refractivity contribution in [2.24, 2.45) is 5.92 Å². The van der Waals surface area contributed by atoms with Gasteiger partial charge in [0.15, 0.2) is 0 Å². The highest BCUT2D eigenvalue weighted by Gasteiger charge is 2.33. The summed E-state index contributed by atoms with van der Waals surface area (Å²) < 4.78 is 0. The molecule has 120 valence electrons. The van der Waals surface area contributed by atoms with E-state index < -0.39 is 5.97 Å². The second-order valence-electron chi connectivity index (χ2n) is 6.68. The van der Waals surface area contributed by atoms with Crippen LogP contribution in [-0.4, -0.2) is 28.7 Å². The van der Waals surface area contributed by atoms with Crippen molar-refractivity contribution in [3.05, 3.63) is 0 Å². The number of amides is 2. The van der Waals surface area contributed by atoms with Crippen molar-refractivity contribution in [1.82, 2.24) is 10.6 Å². The molecule has 0 unspecified atom stereocenters. The largest absolute Gasteiger partial charge is 0.481 e. The summed E-state index contributed by atoms with van der Waals surface area (Å²) in [5, 5.41) is 15.2. The summed E-state index contributed by atoms with van der Waals surface area (Å²) in [4.78, 5) is 23.1. The maximum Gasteiger partial charge on any atom is 0.315 e. The highest BCUT2D eigenvalue weighted by atomic mass is 16.4. The van der Waals surface area contributed by atoms with Gasteiger partial charge in [0.25, 0.3) is 0 Å². The Morgan fingerprint density at radius 1 is 1.10 bits per heavy atom. The van der Waals surface area contributed by atoms with E-state index in [2.05, 4.69) is 17.6 Å². The van der Waals surface area contributed by atoms with Crippen LogP contribution in [0.4, 0.5) is 4.79 Å². The smallest absolute Gasteiger partial charge is 0.315 e. The molecule has 0 radical (unpaired) electrons. The van der Waals surface area contributed by atoms with Crippen LogP contribution in [0, 0.1) is 5.92 Å². The first-order valence-corrected chi connectivity index (χ1v) is 8.36. The van der Waals surface area contributed by atoms with Crippen molar-refractivity contribution in [3.63, 3.8) is 0 Å². The molecule has 0 atom stereocenters. The fourth-order valence-corrected chi connectivity index (χ4v) is 3.74. The van der Waals surface area contributed by atoms with Crippen LogP contribution in [0.3, 0.4) is 0 Å². The van der Waals surface area contributed by atoms with Gasteiger partial charge in [0, 0.05) is 11.6 Å². The number of hydrogen-bond donors (Lipinski definition) is 3. The third-order valence-corrected chi connectivity index (χ3v) is 5.28. The Hall–Kier alpha value is -1.26. The van der Waals surface area contributed by atoms with Crippen molar-refractivity contribution < 1.29 is 14.7 Å². The molecular formula is C16H28N2O3. The Morgan fingerprint density at radius 2 is 1.71 bits per heavy atom. The summed E-state index contributed by atoms with van der Waals surface area (Å²) in [5.41, 5.74) is -0.0272. The van der Waals surface area contributed by atoms with Crippen LogP contribution < -0.4 is 10.6 Å². The lowest BCUT2D eigenvalue weighted by molar-refractivity contribution is -0.142. The third-order valence-electron chi connectivity index (χ3n) is 5.28. The van der Waals surface area contributed by atoms with E-state index >= 15 is 0 Å². The molecule has 5 nitrogen and oxygen atoms in total. The molecular weight excluding hydrogens is 268 g/mol. The van der Waals surface area contributed by atoms with Crippen molar-refractivity contribution in [2.45, 2.75) is 82.7 Å². The number of hydrogen-bond acceptors (Lipinski definition) is 2. The second kappa shape index (κ2) is 7.14. The molecule has 2 rings (SSSR count). The van der Waals surface area contributed by atoms with Gasteiger partial charge < -0.3 is 15.7 Å². The Bertz CT molecular complexity index is 370. The Morgan fingerprint density at radius 3 is 2.24 bits per heavy atom. The van der Waals surface area contributed by atoms with Crippen molar-refractivity contribution in [3.8, 4) is 0 Å². The fraction of sp³-hybridized carbons (Fsp3) is 0.875. The lowest BCUT2D eigenvalue weighted by Crippen LogP contribution is -2.55. The molecule has 0 bridgehead atoms. The van der Waals surface area contributed by atoms with Gasteiger partial charge in [0.05, 0.1) is 5.92 Å². The summed E-state index contributed by atoms with van der Waals surface area (Å²) in [6.07, 6.45) is 9.64. The standard InChI is InChI=1S/C16H28N2O3/c1-2-16(10-4-3-5-11-16)18-15(21)17-13-8-6-12(7-9-13)14(19)20/h12-13H,2-11H2,1H3,(H,19,20)(H2,17,18,21). The van der Waals surface area contributed by atoms with Gasteiger partial charge >= 0.3 is 12.0 Å². The number of carbonyl (C=O) groups excluding carboxylic acids is 1. The van der Waals surface area contributed by atoms with Crippen molar-refractivity contribution >= 4 is 12.0 Å². The zero-order valence-electron chi connectivity index (χ0n) is 13.0. The maximum atomic E-state index is 12.2. The number of carbonyl (C=O) groups is 2. The number of rotatable bonds is 4. The first-order valence-electron chi connectivity index (χ1n) is 8.36. The normalized spacial score (nSPS) is 28.6. The first kappa shape index (κ1) is 16.1. The molecule has 2 aliphatic rings. The van der Waals surface area contributed by atoms with Crippen LogP contribution in [0.15, 0.2) is 0 Å². The lowest BCUT2D eigenvalue weighted by atomic mass is 9.80. The highest BCUT2D eigenvalue weighted by molar-refractivity contribution is 5.75. The van der Waals surface area contributed by atoms with Gasteiger partial charge in [-0.25, -0.2) is 4.79 Å². The van der Waals surface area contributed by atoms with Gasteiger partial charge in [-0.05, 0) is 44.9 Å². The first-order chi connectivity index (χ1) is 10.0. The van der Waals surface area contributed by atoms with Crippen molar-refractivity contribution in [2.75, 3.05) is 0 Å². The molecule has 5 heteroatoms. The zero-order chi connectivity index (χ0) is 15.3. The summed E-state index contributed by atoms with van der Waals surface area (Å²) in [5.74, 6) is -0.934. The number of urea groups is 1. The molecule has 0 heterocycles. The second-order valence-corrected chi connectivity index (χ2v) is 6.68. The molecule has 0 saturated heterocycles. The van der Waals surface area contributed by atoms with Gasteiger partial charge in [-0.1, -0.05) is 26.2 Å². The monoisotopic (exact) mass is 296 g/mol. The van der Waals surface area contributed by atoms with Crippen LogP contribution in [0.25, 0.3) is 0 Å². The van der Waals surface area contributed by atoms with Crippen LogP contribution >= 0.6 is 0 Å². The van der Waals surface area contributed by atoms with Gasteiger partial charge in [0.1, 0.15) is 0 Å². The van der Waals surface area contributed by atoms with E-state index in [1.807, 2.05) is 0 Å². The molecule has 0 aromatic rings. The predicted molar refractivity (Wildman–Crippen MR) is 81.2 cm³/mol. The molecule has 2 saturated carbocycles. The number of aliphatic carboxylic acids is 1. The molecule has 2 aliphatic carbocycles. The Kier molecular flexibility index (Phi) is 5.48. The molecule has 0 aromatic carbocycles. The van der Waals surface area contributed by atoms with Gasteiger partial charge in [-0.3, -0.25) is 4.79 Å². The minimum atomic E-state index is -0.704. The minimum Gasteiger partial charge on any atom is -0.481 e. The van der Waals surface area contributed by atoms with Crippen LogP contribution in [-0.2, 0) is 4.79 Å². The van der Waals surface area contributed by atoms with E-state index in [4.69, 9.17) is 5.11 Å². The maximum absolute atomic E-state index is 12.2.